The van der Waals surface area contributed by atoms with Gasteiger partial charge in [-0.25, -0.2) is 4.39 Å². The number of nitrogens with one attached hydrogen (secondary N) is 2. The fourth-order valence-electron chi connectivity index (χ4n) is 4.15. The molecule has 1 saturated heterocycles. The monoisotopic (exact) mass is 360 g/mol. The Morgan fingerprint density at radius 1 is 1.24 bits per heavy atom. The molecule has 0 amide bonds. The Morgan fingerprint density at radius 3 is 2.80 bits per heavy atom. The number of fused-ring (bicyclic) bond motifs is 3. The maximum atomic E-state index is 14.6. The van der Waals surface area contributed by atoms with E-state index >= 15 is 0 Å². The van der Waals surface area contributed by atoms with Crippen LogP contribution in [0.5, 0.6) is 0 Å². The highest BCUT2D eigenvalue weighted by Crippen LogP contribution is 2.51. The zero-order valence-electron chi connectivity index (χ0n) is 14.1. The summed E-state index contributed by atoms with van der Waals surface area (Å²) in [6.45, 7) is 0.797. The normalized spacial score (nSPS) is 28.0. The summed E-state index contributed by atoms with van der Waals surface area (Å²) in [7, 11) is 1.93. The van der Waals surface area contributed by atoms with Crippen molar-refractivity contribution in [3.8, 4) is 0 Å². The van der Waals surface area contributed by atoms with Gasteiger partial charge in [0.15, 0.2) is 0 Å². The average Bonchev–Trinajstić information content (AvgIpc) is 2.62. The summed E-state index contributed by atoms with van der Waals surface area (Å²) < 4.78 is 21.0. The molecule has 4 atom stereocenters. The lowest BCUT2D eigenvalue weighted by Crippen LogP contribution is -2.41. The maximum Gasteiger partial charge on any atom is 0.148 e. The third kappa shape index (κ3) is 3.14. The van der Waals surface area contributed by atoms with Crippen molar-refractivity contribution in [1.29, 1.82) is 0 Å². The van der Waals surface area contributed by atoms with Crippen LogP contribution >= 0.6 is 11.6 Å². The van der Waals surface area contributed by atoms with Gasteiger partial charge in [-0.15, -0.1) is 0 Å². The minimum Gasteiger partial charge on any atom is -0.375 e. The molecule has 2 aliphatic rings. The molecular weight excluding hydrogens is 339 g/mol. The van der Waals surface area contributed by atoms with E-state index in [1.165, 1.54) is 6.07 Å². The van der Waals surface area contributed by atoms with Crippen molar-refractivity contribution in [2.75, 3.05) is 18.9 Å². The minimum absolute atomic E-state index is 0.0323. The number of hydrogen-bond donors (Lipinski definition) is 2. The minimum atomic E-state index is -0.318. The van der Waals surface area contributed by atoms with Gasteiger partial charge in [-0.2, -0.15) is 0 Å². The van der Waals surface area contributed by atoms with Gasteiger partial charge in [-0.05, 0) is 37.6 Å². The van der Waals surface area contributed by atoms with Gasteiger partial charge in [-0.3, -0.25) is 0 Å². The first kappa shape index (κ1) is 16.8. The van der Waals surface area contributed by atoms with E-state index in [9.17, 15) is 4.39 Å². The zero-order valence-corrected chi connectivity index (χ0v) is 14.9. The second-order valence-corrected chi connectivity index (χ2v) is 7.30. The molecule has 2 aliphatic heterocycles. The van der Waals surface area contributed by atoms with Crippen molar-refractivity contribution >= 4 is 17.3 Å². The van der Waals surface area contributed by atoms with Gasteiger partial charge in [0.1, 0.15) is 5.82 Å². The molecule has 5 heteroatoms. The summed E-state index contributed by atoms with van der Waals surface area (Å²) >= 11 is 6.13. The Bertz CT molecular complexity index is 755. The summed E-state index contributed by atoms with van der Waals surface area (Å²) in [4.78, 5) is 0. The number of rotatable bonds is 3. The molecule has 0 aliphatic carbocycles. The summed E-state index contributed by atoms with van der Waals surface area (Å²) in [6.07, 6.45) is 2.00. The molecule has 2 heterocycles. The van der Waals surface area contributed by atoms with Crippen LogP contribution in [0.15, 0.2) is 42.5 Å². The molecule has 4 unspecified atom stereocenters. The molecule has 4 rings (SSSR count). The van der Waals surface area contributed by atoms with Crippen LogP contribution < -0.4 is 10.6 Å². The van der Waals surface area contributed by atoms with Crippen LogP contribution in [0.1, 0.15) is 36.1 Å². The third-order valence-corrected chi connectivity index (χ3v) is 5.48. The van der Waals surface area contributed by atoms with Crippen LogP contribution in [0.25, 0.3) is 0 Å². The molecule has 2 N–H and O–H groups in total. The highest BCUT2D eigenvalue weighted by Gasteiger charge is 2.43. The first-order valence-electron chi connectivity index (χ1n) is 8.78. The molecule has 2 aromatic carbocycles. The van der Waals surface area contributed by atoms with Crippen LogP contribution in [0, 0.1) is 11.7 Å². The first-order valence-corrected chi connectivity index (χ1v) is 9.15. The number of ether oxygens (including phenoxy) is 1. The molecule has 3 nitrogen and oxygen atoms in total. The molecule has 2 aromatic rings. The predicted octanol–water partition coefficient (Wildman–Crippen LogP) is 4.70. The van der Waals surface area contributed by atoms with E-state index in [0.29, 0.717) is 10.7 Å². The summed E-state index contributed by atoms with van der Waals surface area (Å²) in [5, 5.41) is 7.02. The van der Waals surface area contributed by atoms with Crippen molar-refractivity contribution in [3.63, 3.8) is 0 Å². The molecule has 0 radical (unpaired) electrons. The summed E-state index contributed by atoms with van der Waals surface area (Å²) in [5.74, 6) is -0.0675. The van der Waals surface area contributed by atoms with Crippen LogP contribution in [-0.2, 0) is 4.74 Å². The van der Waals surface area contributed by atoms with E-state index in [4.69, 9.17) is 16.3 Å². The first-order chi connectivity index (χ1) is 12.2. The van der Waals surface area contributed by atoms with E-state index < -0.39 is 0 Å². The third-order valence-electron chi connectivity index (χ3n) is 5.26. The second-order valence-electron chi connectivity index (χ2n) is 6.86. The van der Waals surface area contributed by atoms with Gasteiger partial charge in [-0.1, -0.05) is 41.9 Å². The van der Waals surface area contributed by atoms with E-state index in [1.807, 2.05) is 31.3 Å². The largest absolute Gasteiger partial charge is 0.375 e. The highest BCUT2D eigenvalue weighted by molar-refractivity contribution is 6.30. The van der Waals surface area contributed by atoms with Gasteiger partial charge < -0.3 is 15.4 Å². The van der Waals surface area contributed by atoms with Crippen molar-refractivity contribution in [3.05, 3.63) is 64.4 Å². The van der Waals surface area contributed by atoms with Crippen molar-refractivity contribution in [1.82, 2.24) is 5.32 Å². The standard InChI is InChI=1S/C20H22ClFN2O/c1-23-11-14-7-8-15-18(12-5-3-2-4-6-12)24-19-16(20(15)25-14)9-13(21)10-17(19)22/h2-6,9-10,14-15,18,20,23-24H,7-8,11H2,1H3. The van der Waals surface area contributed by atoms with Crippen molar-refractivity contribution < 1.29 is 9.13 Å². The van der Waals surface area contributed by atoms with Gasteiger partial charge in [0, 0.05) is 23.0 Å². The van der Waals surface area contributed by atoms with E-state index in [0.717, 1.165) is 30.5 Å². The lowest BCUT2D eigenvalue weighted by molar-refractivity contribution is -0.0912. The molecule has 0 spiro atoms. The average molecular weight is 361 g/mol. The molecule has 1 fully saturated rings. The Hall–Kier alpha value is -1.62. The van der Waals surface area contributed by atoms with Crippen molar-refractivity contribution in [2.45, 2.75) is 31.1 Å². The maximum absolute atomic E-state index is 14.6. The van der Waals surface area contributed by atoms with Crippen LogP contribution in [0.2, 0.25) is 5.02 Å². The van der Waals surface area contributed by atoms with E-state index in [1.54, 1.807) is 0 Å². The number of anilines is 1. The Labute approximate surface area is 152 Å². The Balaban J connectivity index is 1.77. The van der Waals surface area contributed by atoms with Crippen LogP contribution in [0.4, 0.5) is 10.1 Å². The fourth-order valence-corrected chi connectivity index (χ4v) is 4.37. The number of likely N-dealkylation sites (N-methyl/N-ethyl adjacent to an activating group) is 1. The number of hydrogen-bond acceptors (Lipinski definition) is 3. The summed E-state index contributed by atoms with van der Waals surface area (Å²) in [5.41, 5.74) is 2.51. The number of halogens is 2. The quantitative estimate of drug-likeness (QED) is 0.832. The van der Waals surface area contributed by atoms with Crippen molar-refractivity contribution in [2.24, 2.45) is 5.92 Å². The van der Waals surface area contributed by atoms with Gasteiger partial charge in [0.05, 0.1) is 23.9 Å². The zero-order chi connectivity index (χ0) is 17.4. The Kier molecular flexibility index (Phi) is 4.67. The lowest BCUT2D eigenvalue weighted by Gasteiger charge is -2.45. The van der Waals surface area contributed by atoms with Gasteiger partial charge >= 0.3 is 0 Å². The summed E-state index contributed by atoms with van der Waals surface area (Å²) in [6, 6.07) is 13.5. The highest BCUT2D eigenvalue weighted by atomic mass is 35.5. The topological polar surface area (TPSA) is 33.3 Å². The number of benzene rings is 2. The predicted molar refractivity (Wildman–Crippen MR) is 98.5 cm³/mol. The molecule has 25 heavy (non-hydrogen) atoms. The Morgan fingerprint density at radius 2 is 2.04 bits per heavy atom. The van der Waals surface area contributed by atoms with E-state index in [2.05, 4.69) is 22.8 Å². The van der Waals surface area contributed by atoms with Crippen LogP contribution in [-0.4, -0.2) is 19.7 Å². The molecule has 0 saturated carbocycles. The van der Waals surface area contributed by atoms with Gasteiger partial charge in [0.2, 0.25) is 0 Å². The fraction of sp³-hybridized carbons (Fsp3) is 0.400. The second kappa shape index (κ2) is 6.94. The van der Waals surface area contributed by atoms with Gasteiger partial charge in [0.25, 0.3) is 0 Å². The molecule has 0 aromatic heterocycles. The smallest absolute Gasteiger partial charge is 0.148 e. The molecule has 0 bridgehead atoms. The van der Waals surface area contributed by atoms with E-state index in [-0.39, 0.29) is 30.0 Å². The van der Waals surface area contributed by atoms with Crippen LogP contribution in [0.3, 0.4) is 0 Å². The molecular formula is C20H22ClFN2O. The lowest BCUT2D eigenvalue weighted by atomic mass is 9.76. The SMILES string of the molecule is CNCC1CCC2C(c3ccccc3)Nc3c(F)cc(Cl)cc3C2O1. The molecule has 132 valence electrons.